The molecule has 1 atom stereocenters. The maximum Gasteiger partial charge on any atom is 0.262 e. The summed E-state index contributed by atoms with van der Waals surface area (Å²) in [6, 6.07) is 9.65. The van der Waals surface area contributed by atoms with Crippen LogP contribution in [-0.2, 0) is 17.4 Å². The van der Waals surface area contributed by atoms with Crippen molar-refractivity contribution in [3.05, 3.63) is 67.0 Å². The van der Waals surface area contributed by atoms with Gasteiger partial charge in [0.2, 0.25) is 11.8 Å². The van der Waals surface area contributed by atoms with Crippen LogP contribution >= 0.6 is 0 Å². The number of amides is 1. The zero-order valence-corrected chi connectivity index (χ0v) is 14.7. The highest BCUT2D eigenvalue weighted by molar-refractivity contribution is 7.77. The Morgan fingerprint density at radius 3 is 2.88 bits per heavy atom. The lowest BCUT2D eigenvalue weighted by atomic mass is 10.0. The number of nitrogens with zero attached hydrogens (tertiary/aromatic N) is 2. The van der Waals surface area contributed by atoms with E-state index in [1.165, 1.54) is 0 Å². The van der Waals surface area contributed by atoms with Gasteiger partial charge in [0.05, 0.1) is 12.2 Å². The fourth-order valence-corrected chi connectivity index (χ4v) is 2.90. The van der Waals surface area contributed by atoms with Gasteiger partial charge in [-0.1, -0.05) is 12.1 Å². The zero-order chi connectivity index (χ0) is 18.5. The molecular weight excluding hydrogens is 350 g/mol. The van der Waals surface area contributed by atoms with Gasteiger partial charge in [0, 0.05) is 17.7 Å². The number of fused-ring (bicyclic) bond motifs is 1. The summed E-state index contributed by atoms with van der Waals surface area (Å²) < 4.78 is 7.05. The Morgan fingerprint density at radius 2 is 2.15 bits per heavy atom. The molecule has 0 spiro atoms. The monoisotopic (exact) mass is 367 g/mol. The maximum absolute atomic E-state index is 13.2. The van der Waals surface area contributed by atoms with Crippen LogP contribution in [-0.4, -0.2) is 29.9 Å². The number of ketones is 1. The Morgan fingerprint density at radius 1 is 1.38 bits per heavy atom. The third kappa shape index (κ3) is 3.78. The number of hydrogen-bond donors (Lipinski definition) is 1. The number of pyridine rings is 1. The molecule has 1 amide bonds. The summed E-state index contributed by atoms with van der Waals surface area (Å²) in [7, 11) is 0. The predicted molar refractivity (Wildman–Crippen MR) is 100 cm³/mol. The van der Waals surface area contributed by atoms with Crippen LogP contribution in [0.3, 0.4) is 0 Å². The first-order valence-corrected chi connectivity index (χ1v) is 8.40. The van der Waals surface area contributed by atoms with Crippen LogP contribution in [0.15, 0.2) is 66.4 Å². The van der Waals surface area contributed by atoms with Gasteiger partial charge in [-0.3, -0.25) is 9.59 Å². The van der Waals surface area contributed by atoms with Crippen molar-refractivity contribution in [2.75, 3.05) is 18.5 Å². The van der Waals surface area contributed by atoms with Gasteiger partial charge in [-0.25, -0.2) is 0 Å². The van der Waals surface area contributed by atoms with Crippen molar-refractivity contribution in [1.29, 1.82) is 0 Å². The number of anilines is 1. The molecule has 0 bridgehead atoms. The molecule has 26 heavy (non-hydrogen) atoms. The summed E-state index contributed by atoms with van der Waals surface area (Å²) in [5.41, 5.74) is 0.880. The number of aromatic nitrogens is 1. The minimum absolute atomic E-state index is 0.0344. The molecule has 1 aliphatic rings. The molecule has 0 saturated heterocycles. The van der Waals surface area contributed by atoms with Crippen molar-refractivity contribution >= 4 is 35.1 Å². The molecule has 0 radical (unpaired) electrons. The molecule has 132 valence electrons. The average Bonchev–Trinajstić information content (AvgIpc) is 2.66. The molecule has 3 rings (SSSR count). The molecule has 1 unspecified atom stereocenters. The third-order valence-electron chi connectivity index (χ3n) is 3.79. The molecule has 2 heterocycles. The van der Waals surface area contributed by atoms with Crippen LogP contribution in [0.1, 0.15) is 16.4 Å². The standard InChI is InChI=1S/C19H17N3O3S/c1-2-8-20-19(26)17(22-9-4-3-5-10-22)18(24)13-6-7-15-14(11-13)21-16(23)12-25-15/h2-7,9-11,17H,1,8,12H2,(H-,20,21,23,26). The number of Topliss-reactive ketones (excluding diaryl/α,β-unsaturated/α-hetero) is 1. The van der Waals surface area contributed by atoms with Crippen LogP contribution in [0.5, 0.6) is 5.75 Å². The van der Waals surface area contributed by atoms with Crippen molar-refractivity contribution < 1.29 is 18.9 Å². The molecule has 1 aliphatic heterocycles. The first-order chi connectivity index (χ1) is 12.6. The van der Waals surface area contributed by atoms with E-state index in [-0.39, 0.29) is 23.3 Å². The number of carbonyl (C=O) groups is 2. The van der Waals surface area contributed by atoms with Crippen molar-refractivity contribution in [3.8, 4) is 5.75 Å². The fourth-order valence-electron chi connectivity index (χ4n) is 2.59. The fraction of sp³-hybridized carbons (Fsp3) is 0.158. The number of hydrogen-bond acceptors (Lipinski definition) is 5. The van der Waals surface area contributed by atoms with Crippen molar-refractivity contribution in [2.45, 2.75) is 6.04 Å². The molecule has 7 heteroatoms. The van der Waals surface area contributed by atoms with E-state index in [1.54, 1.807) is 41.2 Å². The van der Waals surface area contributed by atoms with Gasteiger partial charge in [-0.05, 0) is 23.2 Å². The Labute approximate surface area is 156 Å². The van der Waals surface area contributed by atoms with E-state index in [0.717, 1.165) is 0 Å². The minimum atomic E-state index is -0.760. The van der Waals surface area contributed by atoms with Crippen LogP contribution < -0.4 is 14.6 Å². The predicted octanol–water partition coefficient (Wildman–Crippen LogP) is 1.86. The second kappa shape index (κ2) is 7.88. The molecule has 1 N–H and O–H groups in total. The highest BCUT2D eigenvalue weighted by Gasteiger charge is 2.29. The lowest BCUT2D eigenvalue weighted by molar-refractivity contribution is -0.691. The van der Waals surface area contributed by atoms with Crippen LogP contribution in [0.25, 0.3) is 0 Å². The smallest absolute Gasteiger partial charge is 0.262 e. The Hall–Kier alpha value is -3.06. The van der Waals surface area contributed by atoms with E-state index in [4.69, 9.17) is 17.4 Å². The number of aliphatic imine (C=N–C) groups is 1. The first-order valence-electron chi connectivity index (χ1n) is 7.99. The second-order valence-electron chi connectivity index (χ2n) is 5.60. The first kappa shape index (κ1) is 17.8. The van der Waals surface area contributed by atoms with Crippen LogP contribution in [0, 0.1) is 0 Å². The average molecular weight is 367 g/mol. The van der Waals surface area contributed by atoms with E-state index >= 15 is 0 Å². The largest absolute Gasteiger partial charge is 0.758 e. The summed E-state index contributed by atoms with van der Waals surface area (Å²) in [6.45, 7) is 3.93. The number of benzene rings is 1. The zero-order valence-electron chi connectivity index (χ0n) is 13.9. The lowest BCUT2D eigenvalue weighted by Crippen LogP contribution is -2.47. The summed E-state index contributed by atoms with van der Waals surface area (Å²) in [6.07, 6.45) is 5.15. The van der Waals surface area contributed by atoms with E-state index in [0.29, 0.717) is 23.5 Å². The summed E-state index contributed by atoms with van der Waals surface area (Å²) in [4.78, 5) is 28.9. The number of nitrogens with one attached hydrogen (secondary N) is 1. The van der Waals surface area contributed by atoms with Crippen molar-refractivity contribution in [2.24, 2.45) is 4.99 Å². The van der Waals surface area contributed by atoms with Gasteiger partial charge in [0.25, 0.3) is 5.91 Å². The minimum Gasteiger partial charge on any atom is -0.758 e. The van der Waals surface area contributed by atoms with Crippen molar-refractivity contribution in [3.63, 3.8) is 0 Å². The van der Waals surface area contributed by atoms with Gasteiger partial charge < -0.3 is 27.7 Å². The maximum atomic E-state index is 13.2. The van der Waals surface area contributed by atoms with Crippen LogP contribution in [0.2, 0.25) is 0 Å². The quantitative estimate of drug-likeness (QED) is 0.211. The summed E-state index contributed by atoms with van der Waals surface area (Å²) in [5.74, 6) is 0.0539. The Kier molecular flexibility index (Phi) is 5.38. The Bertz CT molecular complexity index is 881. The van der Waals surface area contributed by atoms with Gasteiger partial charge in [-0.15, -0.1) is 6.58 Å². The topological polar surface area (TPSA) is 71.6 Å². The van der Waals surface area contributed by atoms with E-state index in [1.807, 2.05) is 18.2 Å². The number of carbonyl (C=O) groups excluding carboxylic acids is 2. The molecule has 1 aromatic carbocycles. The molecule has 0 aliphatic carbocycles. The van der Waals surface area contributed by atoms with E-state index < -0.39 is 6.04 Å². The molecule has 6 nitrogen and oxygen atoms in total. The molecule has 1 aromatic heterocycles. The van der Waals surface area contributed by atoms with E-state index in [9.17, 15) is 9.59 Å². The molecule has 0 saturated carbocycles. The molecule has 0 fully saturated rings. The number of rotatable bonds is 6. The second-order valence-corrected chi connectivity index (χ2v) is 6.02. The van der Waals surface area contributed by atoms with Crippen LogP contribution in [0.4, 0.5) is 5.69 Å². The third-order valence-corrected chi connectivity index (χ3v) is 4.14. The molecule has 2 aromatic rings. The lowest BCUT2D eigenvalue weighted by Gasteiger charge is -2.21. The Balaban J connectivity index is 1.99. The van der Waals surface area contributed by atoms with Gasteiger partial charge in [0.15, 0.2) is 19.0 Å². The van der Waals surface area contributed by atoms with Gasteiger partial charge in [-0.2, -0.15) is 4.57 Å². The highest BCUT2D eigenvalue weighted by Crippen LogP contribution is 2.29. The highest BCUT2D eigenvalue weighted by atomic mass is 32.1. The number of ether oxygens (including phenoxy) is 1. The van der Waals surface area contributed by atoms with Gasteiger partial charge in [0.1, 0.15) is 5.75 Å². The van der Waals surface area contributed by atoms with E-state index in [2.05, 4.69) is 16.9 Å². The van der Waals surface area contributed by atoms with Gasteiger partial charge >= 0.3 is 0 Å². The van der Waals surface area contributed by atoms with Crippen molar-refractivity contribution in [1.82, 2.24) is 0 Å². The summed E-state index contributed by atoms with van der Waals surface area (Å²) >= 11 is 5.39. The molecular formula is C19H17N3O3S. The normalized spacial score (nSPS) is 14.6. The summed E-state index contributed by atoms with van der Waals surface area (Å²) in [5, 5.41) is 2.97. The SMILES string of the molecule is C=CCN=C([S-])C(C(=O)c1ccc2c(c1)NC(=O)CO2)[n+]1ccccc1.